The molecule has 0 aliphatic heterocycles. The summed E-state index contributed by atoms with van der Waals surface area (Å²) in [6.07, 6.45) is 0. The van der Waals surface area contributed by atoms with Crippen molar-refractivity contribution in [1.29, 1.82) is 5.26 Å². The molecule has 0 fully saturated rings. The van der Waals surface area contributed by atoms with Crippen LogP contribution in [0.25, 0.3) is 0 Å². The zero-order valence-electron chi connectivity index (χ0n) is 9.75. The number of nitriles is 1. The topological polar surface area (TPSA) is 35.8 Å². The van der Waals surface area contributed by atoms with Crippen molar-refractivity contribution in [2.45, 2.75) is 6.54 Å². The van der Waals surface area contributed by atoms with Gasteiger partial charge in [0.25, 0.3) is 0 Å². The van der Waals surface area contributed by atoms with Gasteiger partial charge in [0, 0.05) is 21.2 Å². The number of rotatable bonds is 3. The highest BCUT2D eigenvalue weighted by Gasteiger charge is 2.03. The standard InChI is InChI=1S/C14H9Br2ClN2/c15-11-6-10(1-3-13(11)17)8-19-14-4-2-9(7-18)5-12(14)16/h1-6,19H,8H2. The third kappa shape index (κ3) is 3.73. The molecule has 2 nitrogen and oxygen atoms in total. The maximum Gasteiger partial charge on any atom is 0.0992 e. The van der Waals surface area contributed by atoms with E-state index in [9.17, 15) is 0 Å². The van der Waals surface area contributed by atoms with E-state index in [-0.39, 0.29) is 0 Å². The minimum Gasteiger partial charge on any atom is -0.380 e. The highest BCUT2D eigenvalue weighted by atomic mass is 79.9. The van der Waals surface area contributed by atoms with Crippen LogP contribution in [0.2, 0.25) is 5.02 Å². The summed E-state index contributed by atoms with van der Waals surface area (Å²) in [6.45, 7) is 0.681. The van der Waals surface area contributed by atoms with Crippen LogP contribution in [-0.4, -0.2) is 0 Å². The van der Waals surface area contributed by atoms with Gasteiger partial charge in [-0.3, -0.25) is 0 Å². The van der Waals surface area contributed by atoms with Gasteiger partial charge in [0.2, 0.25) is 0 Å². The lowest BCUT2D eigenvalue weighted by Gasteiger charge is -2.09. The van der Waals surface area contributed by atoms with E-state index in [4.69, 9.17) is 16.9 Å². The van der Waals surface area contributed by atoms with Gasteiger partial charge in [-0.2, -0.15) is 5.26 Å². The molecule has 0 amide bonds. The number of nitrogens with one attached hydrogen (secondary N) is 1. The van der Waals surface area contributed by atoms with E-state index in [1.165, 1.54) is 0 Å². The fourth-order valence-electron chi connectivity index (χ4n) is 1.57. The van der Waals surface area contributed by atoms with Crippen molar-refractivity contribution in [1.82, 2.24) is 0 Å². The molecule has 0 radical (unpaired) electrons. The van der Waals surface area contributed by atoms with E-state index >= 15 is 0 Å². The summed E-state index contributed by atoms with van der Waals surface area (Å²) < 4.78 is 1.76. The monoisotopic (exact) mass is 398 g/mol. The van der Waals surface area contributed by atoms with Gasteiger partial charge in [-0.25, -0.2) is 0 Å². The first-order valence-electron chi connectivity index (χ1n) is 5.47. The molecular weight excluding hydrogens is 391 g/mol. The van der Waals surface area contributed by atoms with Gasteiger partial charge in [0.1, 0.15) is 0 Å². The molecule has 0 unspecified atom stereocenters. The zero-order chi connectivity index (χ0) is 13.8. The second-order valence-electron chi connectivity index (χ2n) is 3.91. The molecule has 0 spiro atoms. The minimum atomic E-state index is 0.631. The van der Waals surface area contributed by atoms with Crippen molar-refractivity contribution in [3.63, 3.8) is 0 Å². The first-order chi connectivity index (χ1) is 9.10. The summed E-state index contributed by atoms with van der Waals surface area (Å²) in [5.41, 5.74) is 2.70. The SMILES string of the molecule is N#Cc1ccc(NCc2ccc(Cl)c(Br)c2)c(Br)c1. The van der Waals surface area contributed by atoms with Crippen LogP contribution in [0.5, 0.6) is 0 Å². The van der Waals surface area contributed by atoms with Gasteiger partial charge in [0.15, 0.2) is 0 Å². The van der Waals surface area contributed by atoms with E-state index in [0.29, 0.717) is 17.1 Å². The van der Waals surface area contributed by atoms with Gasteiger partial charge in [-0.15, -0.1) is 0 Å². The third-order valence-electron chi connectivity index (χ3n) is 2.57. The Balaban J connectivity index is 2.10. The largest absolute Gasteiger partial charge is 0.380 e. The average Bonchev–Trinajstić information content (AvgIpc) is 2.41. The summed E-state index contributed by atoms with van der Waals surface area (Å²) in [7, 11) is 0. The number of halogens is 3. The molecule has 19 heavy (non-hydrogen) atoms. The smallest absolute Gasteiger partial charge is 0.0992 e. The predicted molar refractivity (Wildman–Crippen MR) is 85.3 cm³/mol. The maximum absolute atomic E-state index is 8.81. The number of anilines is 1. The molecule has 1 N–H and O–H groups in total. The quantitative estimate of drug-likeness (QED) is 0.754. The number of benzene rings is 2. The van der Waals surface area contributed by atoms with Gasteiger partial charge < -0.3 is 5.32 Å². The lowest BCUT2D eigenvalue weighted by atomic mass is 10.2. The summed E-state index contributed by atoms with van der Waals surface area (Å²) in [4.78, 5) is 0. The highest BCUT2D eigenvalue weighted by Crippen LogP contribution is 2.26. The first kappa shape index (κ1) is 14.4. The maximum atomic E-state index is 8.81. The van der Waals surface area contributed by atoms with Crippen molar-refractivity contribution >= 4 is 49.1 Å². The number of hydrogen-bond acceptors (Lipinski definition) is 2. The second-order valence-corrected chi connectivity index (χ2v) is 6.02. The fourth-order valence-corrected chi connectivity index (χ4v) is 2.64. The molecule has 0 saturated heterocycles. The Morgan fingerprint density at radius 3 is 2.53 bits per heavy atom. The number of hydrogen-bond donors (Lipinski definition) is 1. The molecule has 0 aromatic heterocycles. The van der Waals surface area contributed by atoms with Crippen LogP contribution in [0.3, 0.4) is 0 Å². The van der Waals surface area contributed by atoms with E-state index in [1.54, 1.807) is 12.1 Å². The molecule has 0 atom stereocenters. The fraction of sp³-hybridized carbons (Fsp3) is 0.0714. The van der Waals surface area contributed by atoms with Crippen molar-refractivity contribution in [2.75, 3.05) is 5.32 Å². The Morgan fingerprint density at radius 2 is 1.89 bits per heavy atom. The average molecular weight is 401 g/mol. The Hall–Kier alpha value is -1.02. The van der Waals surface area contributed by atoms with Crippen molar-refractivity contribution in [3.05, 3.63) is 61.5 Å². The summed E-state index contributed by atoms with van der Waals surface area (Å²) in [5.74, 6) is 0. The predicted octanol–water partition coefficient (Wildman–Crippen LogP) is 5.35. The molecular formula is C14H9Br2ClN2. The molecule has 0 heterocycles. The molecule has 0 aliphatic carbocycles. The molecule has 2 rings (SSSR count). The van der Waals surface area contributed by atoms with E-state index in [0.717, 1.165) is 20.2 Å². The molecule has 0 saturated carbocycles. The Morgan fingerprint density at radius 1 is 1.11 bits per heavy atom. The summed E-state index contributed by atoms with van der Waals surface area (Å²) in [6, 6.07) is 13.4. The molecule has 0 aliphatic rings. The van der Waals surface area contributed by atoms with E-state index < -0.39 is 0 Å². The zero-order valence-corrected chi connectivity index (χ0v) is 13.7. The Bertz CT molecular complexity index is 650. The normalized spacial score (nSPS) is 10.0. The minimum absolute atomic E-state index is 0.631. The van der Waals surface area contributed by atoms with Crippen molar-refractivity contribution in [3.8, 4) is 6.07 Å². The van der Waals surface area contributed by atoms with Crippen LogP contribution in [0, 0.1) is 11.3 Å². The van der Waals surface area contributed by atoms with E-state index in [2.05, 4.69) is 43.2 Å². The van der Waals surface area contributed by atoms with Gasteiger partial charge in [-0.1, -0.05) is 17.7 Å². The summed E-state index contributed by atoms with van der Waals surface area (Å²) in [5, 5.41) is 12.8. The highest BCUT2D eigenvalue weighted by molar-refractivity contribution is 9.11. The van der Waals surface area contributed by atoms with Crippen LogP contribution in [0.4, 0.5) is 5.69 Å². The van der Waals surface area contributed by atoms with E-state index in [1.807, 2.05) is 24.3 Å². The lowest BCUT2D eigenvalue weighted by molar-refractivity contribution is 1.14. The van der Waals surface area contributed by atoms with Crippen LogP contribution in [-0.2, 0) is 6.54 Å². The van der Waals surface area contributed by atoms with Gasteiger partial charge in [-0.05, 0) is 67.8 Å². The first-order valence-corrected chi connectivity index (χ1v) is 7.44. The van der Waals surface area contributed by atoms with Crippen LogP contribution in [0.15, 0.2) is 45.3 Å². The Kier molecular flexibility index (Phi) is 4.87. The molecule has 2 aromatic carbocycles. The lowest BCUT2D eigenvalue weighted by Crippen LogP contribution is -2.00. The second kappa shape index (κ2) is 6.42. The van der Waals surface area contributed by atoms with Crippen molar-refractivity contribution < 1.29 is 0 Å². The number of nitrogens with zero attached hydrogens (tertiary/aromatic N) is 1. The van der Waals surface area contributed by atoms with Crippen LogP contribution < -0.4 is 5.32 Å². The third-order valence-corrected chi connectivity index (χ3v) is 4.44. The van der Waals surface area contributed by atoms with Gasteiger partial charge in [0.05, 0.1) is 16.7 Å². The molecule has 2 aromatic rings. The molecule has 0 bridgehead atoms. The Labute approximate surface area is 133 Å². The van der Waals surface area contributed by atoms with Crippen LogP contribution >= 0.6 is 43.5 Å². The van der Waals surface area contributed by atoms with Crippen molar-refractivity contribution in [2.24, 2.45) is 0 Å². The van der Waals surface area contributed by atoms with Crippen LogP contribution in [0.1, 0.15) is 11.1 Å². The summed E-state index contributed by atoms with van der Waals surface area (Å²) >= 11 is 12.8. The molecule has 96 valence electrons. The molecule has 5 heteroatoms. The van der Waals surface area contributed by atoms with Gasteiger partial charge >= 0.3 is 0 Å².